The number of carbonyl (C=O) groups excluding carboxylic acids is 1. The van der Waals surface area contributed by atoms with E-state index < -0.39 is 13.9 Å². The van der Waals surface area contributed by atoms with E-state index in [4.69, 9.17) is 24.3 Å². The molecule has 0 aromatic carbocycles. The minimum Gasteiger partial charge on any atom is -0.457 e. The van der Waals surface area contributed by atoms with Crippen molar-refractivity contribution in [1.29, 1.82) is 0 Å². The predicted octanol–water partition coefficient (Wildman–Crippen LogP) is 8.46. The Hall–Kier alpha value is -2.06. The number of carbonyl (C=O) groups is 1. The van der Waals surface area contributed by atoms with Crippen LogP contribution in [0.4, 0.5) is 0 Å². The summed E-state index contributed by atoms with van der Waals surface area (Å²) in [5.74, 6) is -0.373. The Morgan fingerprint density at radius 1 is 0.721 bits per heavy atom. The summed E-state index contributed by atoms with van der Waals surface area (Å²) in [7, 11) is -4.27. The summed E-state index contributed by atoms with van der Waals surface area (Å²) in [6, 6.07) is 0. The zero-order valence-corrected chi connectivity index (χ0v) is 27.5. The SMILES string of the molecule is CC/C=C\C/C=C\C/C=C\C/C=C\C/C=C\C/C=C\CCCOCC(COP(=O)(O)OCCN)OC(=O)CCCCCC. The minimum atomic E-state index is -4.27. The van der Waals surface area contributed by atoms with Crippen LogP contribution >= 0.6 is 7.82 Å². The average molecular weight is 624 g/mol. The molecule has 0 aliphatic carbocycles. The van der Waals surface area contributed by atoms with Gasteiger partial charge in [0.2, 0.25) is 0 Å². The Bertz CT molecular complexity index is 880. The van der Waals surface area contributed by atoms with Crippen LogP contribution in [0.2, 0.25) is 0 Å². The van der Waals surface area contributed by atoms with Crippen molar-refractivity contribution < 1.29 is 32.8 Å². The van der Waals surface area contributed by atoms with Gasteiger partial charge in [-0.25, -0.2) is 4.57 Å². The van der Waals surface area contributed by atoms with Gasteiger partial charge in [-0.1, -0.05) is 106 Å². The predicted molar refractivity (Wildman–Crippen MR) is 178 cm³/mol. The molecule has 8 nitrogen and oxygen atoms in total. The highest BCUT2D eigenvalue weighted by molar-refractivity contribution is 7.47. The van der Waals surface area contributed by atoms with Crippen molar-refractivity contribution in [2.24, 2.45) is 5.73 Å². The quantitative estimate of drug-likeness (QED) is 0.0369. The molecule has 9 heteroatoms. The standard InChI is InChI=1S/C34H58NO7P/c1-3-5-7-9-10-11-12-13-14-15-16-17-18-19-20-21-22-23-24-26-29-39-31-33(32-41-43(37,38)40-30-28-35)42-34(36)27-25-8-6-4-2/h5,7,10-11,13-14,16-17,19-20,22-23,33H,3-4,6,8-9,12,15,18,21,24-32,35H2,1-2H3,(H,37,38)/b7-5-,11-10-,14-13-,17-16-,20-19-,23-22-. The molecular weight excluding hydrogens is 565 g/mol. The lowest BCUT2D eigenvalue weighted by Gasteiger charge is -2.20. The van der Waals surface area contributed by atoms with E-state index in [1.807, 2.05) is 0 Å². The van der Waals surface area contributed by atoms with E-state index in [2.05, 4.69) is 86.8 Å². The van der Waals surface area contributed by atoms with Crippen molar-refractivity contribution >= 4 is 13.8 Å². The first-order chi connectivity index (χ1) is 20.9. The van der Waals surface area contributed by atoms with Crippen molar-refractivity contribution in [2.45, 2.75) is 103 Å². The van der Waals surface area contributed by atoms with Gasteiger partial charge >= 0.3 is 13.8 Å². The second-order valence-corrected chi connectivity index (χ2v) is 11.4. The maximum atomic E-state index is 12.2. The van der Waals surface area contributed by atoms with Gasteiger partial charge in [0.05, 0.1) is 19.8 Å². The lowest BCUT2D eigenvalue weighted by Crippen LogP contribution is -2.28. The maximum Gasteiger partial charge on any atom is 0.472 e. The molecule has 0 saturated heterocycles. The molecule has 0 aliphatic heterocycles. The van der Waals surface area contributed by atoms with Crippen molar-refractivity contribution in [2.75, 3.05) is 33.0 Å². The van der Waals surface area contributed by atoms with Crippen LogP contribution in [0.1, 0.15) is 97.3 Å². The maximum absolute atomic E-state index is 12.2. The van der Waals surface area contributed by atoms with Crippen LogP contribution in [-0.2, 0) is 27.9 Å². The van der Waals surface area contributed by atoms with Crippen LogP contribution in [0, 0.1) is 0 Å². The van der Waals surface area contributed by atoms with Crippen LogP contribution in [0.5, 0.6) is 0 Å². The Balaban J connectivity index is 4.12. The molecule has 3 N–H and O–H groups in total. The zero-order valence-electron chi connectivity index (χ0n) is 26.7. The van der Waals surface area contributed by atoms with Gasteiger partial charge < -0.3 is 20.1 Å². The topological polar surface area (TPSA) is 117 Å². The molecule has 0 amide bonds. The van der Waals surface area contributed by atoms with Gasteiger partial charge in [0.15, 0.2) is 0 Å². The van der Waals surface area contributed by atoms with Crippen molar-refractivity contribution in [3.8, 4) is 0 Å². The third kappa shape index (κ3) is 31.2. The molecule has 0 fully saturated rings. The summed E-state index contributed by atoms with van der Waals surface area (Å²) in [6.45, 7) is 4.47. The molecular formula is C34H58NO7P. The molecule has 0 bridgehead atoms. The summed E-state index contributed by atoms with van der Waals surface area (Å²) >= 11 is 0. The molecule has 0 aliphatic rings. The fourth-order valence-corrected chi connectivity index (χ4v) is 4.36. The number of hydrogen-bond acceptors (Lipinski definition) is 7. The summed E-state index contributed by atoms with van der Waals surface area (Å²) in [5, 5.41) is 0. The summed E-state index contributed by atoms with van der Waals surface area (Å²) in [4.78, 5) is 21.9. The van der Waals surface area contributed by atoms with Crippen molar-refractivity contribution in [3.05, 3.63) is 72.9 Å². The van der Waals surface area contributed by atoms with Crippen LogP contribution in [0.15, 0.2) is 72.9 Å². The van der Waals surface area contributed by atoms with Crippen LogP contribution in [0.3, 0.4) is 0 Å². The first-order valence-corrected chi connectivity index (χ1v) is 17.4. The lowest BCUT2D eigenvalue weighted by molar-refractivity contribution is -0.154. The number of phosphoric acid groups is 1. The van der Waals surface area contributed by atoms with Gasteiger partial charge in [-0.15, -0.1) is 0 Å². The molecule has 0 radical (unpaired) electrons. The van der Waals surface area contributed by atoms with E-state index in [0.717, 1.165) is 77.0 Å². The van der Waals surface area contributed by atoms with Gasteiger partial charge in [-0.2, -0.15) is 0 Å². The van der Waals surface area contributed by atoms with Gasteiger partial charge in [0.25, 0.3) is 0 Å². The number of nitrogens with two attached hydrogens (primary N) is 1. The fourth-order valence-electron chi connectivity index (χ4n) is 3.60. The number of esters is 1. The monoisotopic (exact) mass is 623 g/mol. The molecule has 43 heavy (non-hydrogen) atoms. The van der Waals surface area contributed by atoms with E-state index in [1.165, 1.54) is 0 Å². The number of rotatable bonds is 29. The number of ether oxygens (including phenoxy) is 2. The molecule has 0 aromatic rings. The molecule has 2 atom stereocenters. The molecule has 0 spiro atoms. The first kappa shape index (κ1) is 40.9. The third-order valence-electron chi connectivity index (χ3n) is 5.89. The first-order valence-electron chi connectivity index (χ1n) is 15.9. The average Bonchev–Trinajstić information content (AvgIpc) is 2.99. The number of phosphoric ester groups is 1. The molecule has 2 unspecified atom stereocenters. The lowest BCUT2D eigenvalue weighted by atomic mass is 10.1. The molecule has 246 valence electrons. The van der Waals surface area contributed by atoms with Gasteiger partial charge in [0.1, 0.15) is 6.10 Å². The minimum absolute atomic E-state index is 0.0708. The second-order valence-electron chi connectivity index (χ2n) is 9.94. The Labute approximate surface area is 261 Å². The number of hydrogen-bond donors (Lipinski definition) is 2. The summed E-state index contributed by atoms with van der Waals surface area (Å²) in [5.41, 5.74) is 5.30. The van der Waals surface area contributed by atoms with Gasteiger partial charge in [-0.3, -0.25) is 13.8 Å². The van der Waals surface area contributed by atoms with Crippen LogP contribution in [0.25, 0.3) is 0 Å². The van der Waals surface area contributed by atoms with Crippen molar-refractivity contribution in [3.63, 3.8) is 0 Å². The third-order valence-corrected chi connectivity index (χ3v) is 6.87. The Morgan fingerprint density at radius 2 is 1.28 bits per heavy atom. The highest BCUT2D eigenvalue weighted by Crippen LogP contribution is 2.43. The summed E-state index contributed by atoms with van der Waals surface area (Å²) in [6.07, 6.45) is 37.0. The zero-order chi connectivity index (χ0) is 31.7. The van der Waals surface area contributed by atoms with Crippen LogP contribution in [-0.4, -0.2) is 49.9 Å². The second kappa shape index (κ2) is 31.4. The Kier molecular flexibility index (Phi) is 29.9. The Morgan fingerprint density at radius 3 is 1.81 bits per heavy atom. The summed E-state index contributed by atoms with van der Waals surface area (Å²) < 4.78 is 32.8. The van der Waals surface area contributed by atoms with E-state index in [1.54, 1.807) is 0 Å². The van der Waals surface area contributed by atoms with E-state index in [9.17, 15) is 14.3 Å². The molecule has 0 saturated carbocycles. The van der Waals surface area contributed by atoms with Crippen molar-refractivity contribution in [1.82, 2.24) is 0 Å². The van der Waals surface area contributed by atoms with Crippen LogP contribution < -0.4 is 5.73 Å². The van der Waals surface area contributed by atoms with Gasteiger partial charge in [0, 0.05) is 19.6 Å². The normalized spacial score (nSPS) is 14.8. The fraction of sp³-hybridized carbons (Fsp3) is 0.618. The van der Waals surface area contributed by atoms with E-state index in [-0.39, 0.29) is 32.3 Å². The molecule has 0 heterocycles. The van der Waals surface area contributed by atoms with Gasteiger partial charge in [-0.05, 0) is 57.8 Å². The van der Waals surface area contributed by atoms with E-state index >= 15 is 0 Å². The number of unbranched alkanes of at least 4 members (excludes halogenated alkanes) is 4. The smallest absolute Gasteiger partial charge is 0.457 e. The molecule has 0 aromatic heterocycles. The molecule has 0 rings (SSSR count). The highest BCUT2D eigenvalue weighted by atomic mass is 31.2. The highest BCUT2D eigenvalue weighted by Gasteiger charge is 2.25. The van der Waals surface area contributed by atoms with E-state index in [0.29, 0.717) is 13.0 Å². The largest absolute Gasteiger partial charge is 0.472 e. The number of allylic oxidation sites excluding steroid dienone is 12.